The van der Waals surface area contributed by atoms with Gasteiger partial charge < -0.3 is 15.2 Å². The summed E-state index contributed by atoms with van der Waals surface area (Å²) in [6.07, 6.45) is 3.23. The minimum absolute atomic E-state index is 0.139. The van der Waals surface area contributed by atoms with Crippen molar-refractivity contribution in [3.63, 3.8) is 0 Å². The first-order valence-corrected chi connectivity index (χ1v) is 6.81. The fourth-order valence-electron chi connectivity index (χ4n) is 2.12. The Bertz CT molecular complexity index is 389. The van der Waals surface area contributed by atoms with Crippen LogP contribution < -0.4 is 10.5 Å². The van der Waals surface area contributed by atoms with Gasteiger partial charge >= 0.3 is 0 Å². The van der Waals surface area contributed by atoms with Gasteiger partial charge in [-0.05, 0) is 43.9 Å². The second-order valence-electron chi connectivity index (χ2n) is 4.89. The molecule has 0 bridgehead atoms. The third kappa shape index (κ3) is 3.87. The highest BCUT2D eigenvalue weighted by atomic mass is 35.5. The van der Waals surface area contributed by atoms with Gasteiger partial charge in [-0.25, -0.2) is 0 Å². The summed E-state index contributed by atoms with van der Waals surface area (Å²) in [6.45, 7) is 3.40. The Labute approximate surface area is 113 Å². The van der Waals surface area contributed by atoms with Crippen molar-refractivity contribution in [2.24, 2.45) is 5.73 Å². The number of halogens is 1. The molecule has 0 spiro atoms. The molecule has 0 aliphatic carbocycles. The Balaban J connectivity index is 1.92. The third-order valence-electron chi connectivity index (χ3n) is 3.00. The molecule has 0 amide bonds. The highest BCUT2D eigenvalue weighted by Gasteiger charge is 2.16. The highest BCUT2D eigenvalue weighted by Crippen LogP contribution is 2.26. The second kappa shape index (κ2) is 6.41. The molecule has 1 aliphatic rings. The van der Waals surface area contributed by atoms with Crippen LogP contribution >= 0.6 is 11.6 Å². The monoisotopic (exact) mass is 269 g/mol. The van der Waals surface area contributed by atoms with Crippen molar-refractivity contribution in [2.45, 2.75) is 38.3 Å². The van der Waals surface area contributed by atoms with Crippen LogP contribution in [-0.4, -0.2) is 25.4 Å². The smallest absolute Gasteiger partial charge is 0.138 e. The van der Waals surface area contributed by atoms with Gasteiger partial charge in [0.25, 0.3) is 0 Å². The second-order valence-corrected chi connectivity index (χ2v) is 5.30. The predicted octanol–water partition coefficient (Wildman–Crippen LogP) is 2.79. The quantitative estimate of drug-likeness (QED) is 0.894. The summed E-state index contributed by atoms with van der Waals surface area (Å²) in [5.74, 6) is 0.723. The molecule has 18 heavy (non-hydrogen) atoms. The van der Waals surface area contributed by atoms with Crippen LogP contribution in [0.4, 0.5) is 0 Å². The number of benzene rings is 1. The molecule has 1 fully saturated rings. The van der Waals surface area contributed by atoms with Crippen LogP contribution in [0.2, 0.25) is 5.02 Å². The minimum Gasteiger partial charge on any atom is -0.489 e. The van der Waals surface area contributed by atoms with E-state index in [1.54, 1.807) is 0 Å². The molecule has 0 saturated carbocycles. The molecule has 2 atom stereocenters. The summed E-state index contributed by atoms with van der Waals surface area (Å²) in [6, 6.07) is 5.99. The Morgan fingerprint density at radius 1 is 1.56 bits per heavy atom. The standard InChI is InChI=1S/C14H20ClNO2/c1-10(16)7-11-4-5-14(13(15)8-11)18-9-12-3-2-6-17-12/h4-5,8,10,12H,2-3,6-7,9,16H2,1H3. The van der Waals surface area contributed by atoms with E-state index in [1.807, 2.05) is 25.1 Å². The van der Waals surface area contributed by atoms with Gasteiger partial charge in [0.05, 0.1) is 11.1 Å². The van der Waals surface area contributed by atoms with Crippen LogP contribution in [0.15, 0.2) is 18.2 Å². The number of rotatable bonds is 5. The molecule has 2 rings (SSSR count). The molecule has 3 nitrogen and oxygen atoms in total. The third-order valence-corrected chi connectivity index (χ3v) is 3.30. The van der Waals surface area contributed by atoms with Crippen LogP contribution in [0.3, 0.4) is 0 Å². The first-order chi connectivity index (χ1) is 8.65. The summed E-state index contributed by atoms with van der Waals surface area (Å²) in [5, 5.41) is 0.645. The van der Waals surface area contributed by atoms with Crippen LogP contribution in [0, 0.1) is 0 Å². The first kappa shape index (κ1) is 13.7. The van der Waals surface area contributed by atoms with E-state index in [1.165, 1.54) is 0 Å². The lowest BCUT2D eigenvalue weighted by Crippen LogP contribution is -2.18. The van der Waals surface area contributed by atoms with E-state index in [0.29, 0.717) is 11.6 Å². The molecule has 1 saturated heterocycles. The van der Waals surface area contributed by atoms with E-state index in [4.69, 9.17) is 26.8 Å². The van der Waals surface area contributed by atoms with E-state index in [-0.39, 0.29) is 12.1 Å². The van der Waals surface area contributed by atoms with E-state index < -0.39 is 0 Å². The molecule has 2 unspecified atom stereocenters. The number of hydrogen-bond donors (Lipinski definition) is 1. The van der Waals surface area contributed by atoms with Gasteiger partial charge in [-0.2, -0.15) is 0 Å². The van der Waals surface area contributed by atoms with E-state index >= 15 is 0 Å². The molecule has 0 radical (unpaired) electrons. The summed E-state index contributed by atoms with van der Waals surface area (Å²) < 4.78 is 11.2. The lowest BCUT2D eigenvalue weighted by molar-refractivity contribution is 0.0680. The molecular weight excluding hydrogens is 250 g/mol. The minimum atomic E-state index is 0.139. The normalized spacial score (nSPS) is 20.9. The molecule has 1 aliphatic heterocycles. The summed E-state index contributed by atoms with van der Waals surface area (Å²) in [4.78, 5) is 0. The molecule has 4 heteroatoms. The Morgan fingerprint density at radius 3 is 3.00 bits per heavy atom. The maximum Gasteiger partial charge on any atom is 0.138 e. The average molecular weight is 270 g/mol. The van der Waals surface area contributed by atoms with Crippen molar-refractivity contribution in [3.8, 4) is 5.75 Å². The highest BCUT2D eigenvalue weighted by molar-refractivity contribution is 6.32. The van der Waals surface area contributed by atoms with E-state index in [2.05, 4.69) is 0 Å². The van der Waals surface area contributed by atoms with Crippen molar-refractivity contribution >= 4 is 11.6 Å². The van der Waals surface area contributed by atoms with Crippen molar-refractivity contribution in [2.75, 3.05) is 13.2 Å². The van der Waals surface area contributed by atoms with E-state index in [9.17, 15) is 0 Å². The average Bonchev–Trinajstić information content (AvgIpc) is 2.80. The molecule has 1 aromatic carbocycles. The Kier molecular flexibility index (Phi) is 4.87. The van der Waals surface area contributed by atoms with Crippen LogP contribution in [0.1, 0.15) is 25.3 Å². The van der Waals surface area contributed by atoms with Gasteiger partial charge in [0.15, 0.2) is 0 Å². The zero-order valence-corrected chi connectivity index (χ0v) is 11.5. The first-order valence-electron chi connectivity index (χ1n) is 6.43. The topological polar surface area (TPSA) is 44.5 Å². The maximum atomic E-state index is 6.19. The molecule has 2 N–H and O–H groups in total. The van der Waals surface area contributed by atoms with E-state index in [0.717, 1.165) is 37.2 Å². The lowest BCUT2D eigenvalue weighted by Gasteiger charge is -2.13. The van der Waals surface area contributed by atoms with Crippen molar-refractivity contribution in [3.05, 3.63) is 28.8 Å². The SMILES string of the molecule is CC(N)Cc1ccc(OCC2CCCO2)c(Cl)c1. The van der Waals surface area contributed by atoms with Crippen molar-refractivity contribution in [1.29, 1.82) is 0 Å². The van der Waals surface area contributed by atoms with Crippen LogP contribution in [0.5, 0.6) is 5.75 Å². The summed E-state index contributed by atoms with van der Waals surface area (Å²) >= 11 is 6.19. The molecule has 1 aromatic rings. The maximum absolute atomic E-state index is 6.19. The number of ether oxygens (including phenoxy) is 2. The molecule has 100 valence electrons. The number of nitrogens with two attached hydrogens (primary N) is 1. The fourth-order valence-corrected chi connectivity index (χ4v) is 2.38. The summed E-state index contributed by atoms with van der Waals surface area (Å²) in [5.41, 5.74) is 6.90. The Hall–Kier alpha value is -0.770. The number of hydrogen-bond acceptors (Lipinski definition) is 3. The fraction of sp³-hybridized carbons (Fsp3) is 0.571. The van der Waals surface area contributed by atoms with Crippen molar-refractivity contribution < 1.29 is 9.47 Å². The largest absolute Gasteiger partial charge is 0.489 e. The van der Waals surface area contributed by atoms with Gasteiger partial charge in [0.2, 0.25) is 0 Å². The zero-order valence-electron chi connectivity index (χ0n) is 10.7. The van der Waals surface area contributed by atoms with Gasteiger partial charge in [0.1, 0.15) is 12.4 Å². The predicted molar refractivity (Wildman–Crippen MR) is 73.3 cm³/mol. The van der Waals surface area contributed by atoms with Gasteiger partial charge in [-0.1, -0.05) is 17.7 Å². The zero-order chi connectivity index (χ0) is 13.0. The summed E-state index contributed by atoms with van der Waals surface area (Å²) in [7, 11) is 0. The molecular formula is C14H20ClNO2. The Morgan fingerprint density at radius 2 is 2.39 bits per heavy atom. The lowest BCUT2D eigenvalue weighted by atomic mass is 10.1. The molecule has 1 heterocycles. The van der Waals surface area contributed by atoms with Crippen LogP contribution in [-0.2, 0) is 11.2 Å². The van der Waals surface area contributed by atoms with Gasteiger partial charge in [-0.15, -0.1) is 0 Å². The molecule has 0 aromatic heterocycles. The van der Waals surface area contributed by atoms with Crippen LogP contribution in [0.25, 0.3) is 0 Å². The van der Waals surface area contributed by atoms with Gasteiger partial charge in [0, 0.05) is 12.6 Å². The van der Waals surface area contributed by atoms with Crippen molar-refractivity contribution in [1.82, 2.24) is 0 Å². The van der Waals surface area contributed by atoms with Gasteiger partial charge in [-0.3, -0.25) is 0 Å².